The molecule has 0 aromatic heterocycles. The molecular weight excluding hydrogens is 328 g/mol. The Balaban J connectivity index is 1.49. The van der Waals surface area contributed by atoms with Crippen LogP contribution < -0.4 is 0 Å². The van der Waals surface area contributed by atoms with Crippen molar-refractivity contribution in [2.75, 3.05) is 0 Å². The second-order valence-electron chi connectivity index (χ2n) is 10.8. The van der Waals surface area contributed by atoms with E-state index < -0.39 is 0 Å². The second kappa shape index (κ2) is 7.45. The molecule has 0 aliphatic heterocycles. The van der Waals surface area contributed by atoms with Gasteiger partial charge in [-0.25, -0.2) is 0 Å². The van der Waals surface area contributed by atoms with Gasteiger partial charge in [0.2, 0.25) is 0 Å². The minimum Gasteiger partial charge on any atom is -0.508 e. The molecule has 3 aliphatic rings. The van der Waals surface area contributed by atoms with Crippen LogP contribution in [-0.2, 0) is 6.42 Å². The highest BCUT2D eigenvalue weighted by molar-refractivity contribution is 5.40. The molecule has 4 rings (SSSR count). The Morgan fingerprint density at radius 1 is 1.07 bits per heavy atom. The maximum absolute atomic E-state index is 9.88. The molecule has 0 bridgehead atoms. The van der Waals surface area contributed by atoms with Crippen molar-refractivity contribution in [2.24, 2.45) is 35.0 Å². The predicted molar refractivity (Wildman–Crippen MR) is 114 cm³/mol. The normalized spacial score (nSPS) is 36.2. The standard InChI is InChI=1S/C26H40O/c1-17(2)6-5-7-18(3)24-12-13-25-23-10-8-19-16-20(27)9-11-21(19)22(23)14-15-26(24,25)4/h9,11,16-18,22-25,27H,5-8,10,12-15H2,1-4H3/t18-,22-,23-,24-,25+,26-/m1/s1. The van der Waals surface area contributed by atoms with E-state index >= 15 is 0 Å². The van der Waals surface area contributed by atoms with Crippen LogP contribution in [0.15, 0.2) is 18.2 Å². The predicted octanol–water partition coefficient (Wildman–Crippen LogP) is 7.33. The first-order valence-electron chi connectivity index (χ1n) is 11.7. The minimum absolute atomic E-state index is 0.448. The number of fused-ring (bicyclic) bond motifs is 5. The van der Waals surface area contributed by atoms with Crippen molar-refractivity contribution in [3.63, 3.8) is 0 Å². The smallest absolute Gasteiger partial charge is 0.115 e. The van der Waals surface area contributed by atoms with E-state index in [2.05, 4.69) is 33.8 Å². The molecule has 0 unspecified atom stereocenters. The Labute approximate surface area is 167 Å². The fourth-order valence-corrected chi connectivity index (χ4v) is 7.59. The monoisotopic (exact) mass is 368 g/mol. The summed E-state index contributed by atoms with van der Waals surface area (Å²) in [5, 5.41) is 9.88. The average Bonchev–Trinajstić information content (AvgIpc) is 2.98. The quantitative estimate of drug-likeness (QED) is 0.577. The summed E-state index contributed by atoms with van der Waals surface area (Å²) in [5.41, 5.74) is 3.57. The van der Waals surface area contributed by atoms with Crippen LogP contribution >= 0.6 is 0 Å². The number of aromatic hydroxyl groups is 1. The maximum atomic E-state index is 9.88. The van der Waals surface area contributed by atoms with Gasteiger partial charge < -0.3 is 5.11 Å². The second-order valence-corrected chi connectivity index (χ2v) is 10.8. The lowest BCUT2D eigenvalue weighted by Crippen LogP contribution is -2.43. The molecule has 0 spiro atoms. The average molecular weight is 369 g/mol. The summed E-state index contributed by atoms with van der Waals surface area (Å²) >= 11 is 0. The summed E-state index contributed by atoms with van der Waals surface area (Å²) in [6, 6.07) is 6.20. The summed E-state index contributed by atoms with van der Waals surface area (Å²) in [7, 11) is 0. The van der Waals surface area contributed by atoms with Gasteiger partial charge in [-0.05, 0) is 103 Å². The van der Waals surface area contributed by atoms with E-state index in [1.807, 2.05) is 12.1 Å². The number of hydrogen-bond acceptors (Lipinski definition) is 1. The molecule has 2 saturated carbocycles. The van der Waals surface area contributed by atoms with Crippen LogP contribution in [0.2, 0.25) is 0 Å². The van der Waals surface area contributed by atoms with Crippen LogP contribution in [0.25, 0.3) is 0 Å². The first kappa shape index (κ1) is 19.3. The molecule has 1 nitrogen and oxygen atoms in total. The van der Waals surface area contributed by atoms with E-state index in [-0.39, 0.29) is 0 Å². The van der Waals surface area contributed by atoms with E-state index in [0.29, 0.717) is 11.2 Å². The molecule has 150 valence electrons. The highest BCUT2D eigenvalue weighted by Gasteiger charge is 2.55. The van der Waals surface area contributed by atoms with Gasteiger partial charge in [0, 0.05) is 0 Å². The number of phenolic OH excluding ortho intramolecular Hbond substituents is 1. The highest BCUT2D eigenvalue weighted by atomic mass is 16.3. The maximum Gasteiger partial charge on any atom is 0.115 e. The van der Waals surface area contributed by atoms with Gasteiger partial charge in [-0.1, -0.05) is 53.0 Å². The van der Waals surface area contributed by atoms with Crippen molar-refractivity contribution < 1.29 is 5.11 Å². The van der Waals surface area contributed by atoms with Gasteiger partial charge in [0.25, 0.3) is 0 Å². The molecule has 27 heavy (non-hydrogen) atoms. The Bertz CT molecular complexity index is 662. The van der Waals surface area contributed by atoms with Crippen molar-refractivity contribution in [3.8, 4) is 5.75 Å². The summed E-state index contributed by atoms with van der Waals surface area (Å²) in [4.78, 5) is 0. The largest absolute Gasteiger partial charge is 0.508 e. The lowest BCUT2D eigenvalue weighted by atomic mass is 9.53. The molecule has 1 N–H and O–H groups in total. The third-order valence-electron chi connectivity index (χ3n) is 8.91. The van der Waals surface area contributed by atoms with Crippen LogP contribution in [0.1, 0.15) is 96.1 Å². The number of phenols is 1. The molecule has 0 saturated heterocycles. The number of rotatable bonds is 5. The Hall–Kier alpha value is -0.980. The van der Waals surface area contributed by atoms with Gasteiger partial charge in [0.1, 0.15) is 5.75 Å². The number of hydrogen-bond donors (Lipinski definition) is 1. The Morgan fingerprint density at radius 3 is 2.67 bits per heavy atom. The van der Waals surface area contributed by atoms with E-state index in [0.717, 1.165) is 35.5 Å². The zero-order valence-electron chi connectivity index (χ0n) is 18.0. The molecule has 0 radical (unpaired) electrons. The van der Waals surface area contributed by atoms with Crippen LogP contribution in [0.3, 0.4) is 0 Å². The van der Waals surface area contributed by atoms with E-state index in [4.69, 9.17) is 0 Å². The fourth-order valence-electron chi connectivity index (χ4n) is 7.59. The highest BCUT2D eigenvalue weighted by Crippen LogP contribution is 2.64. The van der Waals surface area contributed by atoms with Gasteiger partial charge in [0.15, 0.2) is 0 Å². The van der Waals surface area contributed by atoms with Crippen molar-refractivity contribution in [1.82, 2.24) is 0 Å². The van der Waals surface area contributed by atoms with E-state index in [1.54, 1.807) is 5.56 Å². The lowest BCUT2D eigenvalue weighted by Gasteiger charge is -2.52. The summed E-state index contributed by atoms with van der Waals surface area (Å²) < 4.78 is 0. The first-order valence-corrected chi connectivity index (χ1v) is 11.7. The van der Waals surface area contributed by atoms with Crippen LogP contribution in [0, 0.1) is 35.0 Å². The first-order chi connectivity index (χ1) is 12.9. The zero-order chi connectivity index (χ0) is 19.2. The van der Waals surface area contributed by atoms with Gasteiger partial charge in [-0.15, -0.1) is 0 Å². The van der Waals surface area contributed by atoms with Crippen molar-refractivity contribution >= 4 is 0 Å². The molecule has 0 heterocycles. The van der Waals surface area contributed by atoms with Crippen molar-refractivity contribution in [2.45, 2.75) is 91.4 Å². The fraction of sp³-hybridized carbons (Fsp3) is 0.769. The van der Waals surface area contributed by atoms with Gasteiger partial charge >= 0.3 is 0 Å². The summed E-state index contributed by atoms with van der Waals surface area (Å²) in [6.45, 7) is 9.94. The van der Waals surface area contributed by atoms with Gasteiger partial charge in [-0.2, -0.15) is 0 Å². The topological polar surface area (TPSA) is 20.2 Å². The molecular formula is C26H40O. The van der Waals surface area contributed by atoms with E-state index in [1.165, 1.54) is 63.4 Å². The summed E-state index contributed by atoms with van der Waals surface area (Å²) in [5.74, 6) is 5.69. The third-order valence-corrected chi connectivity index (χ3v) is 8.91. The van der Waals surface area contributed by atoms with Crippen LogP contribution in [-0.4, -0.2) is 5.11 Å². The number of benzene rings is 1. The van der Waals surface area contributed by atoms with Crippen molar-refractivity contribution in [3.05, 3.63) is 29.3 Å². The molecule has 1 heteroatoms. The van der Waals surface area contributed by atoms with Crippen LogP contribution in [0.5, 0.6) is 5.75 Å². The molecule has 0 amide bonds. The number of aryl methyl sites for hydroxylation is 1. The lowest BCUT2D eigenvalue weighted by molar-refractivity contribution is 0.00968. The third kappa shape index (κ3) is 3.45. The Morgan fingerprint density at radius 2 is 1.89 bits per heavy atom. The van der Waals surface area contributed by atoms with E-state index in [9.17, 15) is 5.11 Å². The van der Waals surface area contributed by atoms with Crippen LogP contribution in [0.4, 0.5) is 0 Å². The summed E-state index contributed by atoms with van der Waals surface area (Å²) in [6.07, 6.45) is 12.5. The SMILES string of the molecule is CC(C)CCC[C@@H](C)[C@H]1CC[C@H]2[C@@H]3CCc4cc(O)ccc4[C@H]3CC[C@]12C. The minimum atomic E-state index is 0.448. The molecule has 3 aliphatic carbocycles. The molecule has 2 fully saturated rings. The Kier molecular flexibility index (Phi) is 5.34. The van der Waals surface area contributed by atoms with Crippen molar-refractivity contribution in [1.29, 1.82) is 0 Å². The molecule has 1 aromatic carbocycles. The molecule has 1 aromatic rings. The molecule has 6 atom stereocenters. The zero-order valence-corrected chi connectivity index (χ0v) is 18.0. The van der Waals surface area contributed by atoms with Gasteiger partial charge in [0.05, 0.1) is 0 Å². The van der Waals surface area contributed by atoms with Gasteiger partial charge in [-0.3, -0.25) is 0 Å².